The molecule has 2 aliphatic heterocycles. The smallest absolute Gasteiger partial charge is 0.250 e. The summed E-state index contributed by atoms with van der Waals surface area (Å²) in [6.07, 6.45) is 5.08. The molecular weight excluding hydrogens is 551 g/mol. The molecule has 222 valence electrons. The van der Waals surface area contributed by atoms with Gasteiger partial charge in [-0.15, -0.1) is 5.10 Å². The van der Waals surface area contributed by atoms with E-state index in [0.717, 1.165) is 43.7 Å². The molecule has 2 fully saturated rings. The minimum absolute atomic E-state index is 0.162. The number of piperidine rings is 1. The third kappa shape index (κ3) is 4.65. The molecule has 1 amide bonds. The molecule has 1 unspecified atom stereocenters. The standard InChI is InChI=1S/C36H35FN6O/c37-29-12-14-31(15-13-29)43-25-41(19-16-30-24-42(39-38-30)23-26-6-2-1-3-7-26)35(44)36(43)17-20-40(21-18-36)33-22-28-10-4-8-27-9-5-11-32(33)34(27)28/h1-15,24,33H,16-23,25H2. The lowest BCUT2D eigenvalue weighted by Crippen LogP contribution is -2.57. The molecule has 44 heavy (non-hydrogen) atoms. The van der Waals surface area contributed by atoms with Crippen LogP contribution in [-0.4, -0.2) is 62.5 Å². The predicted octanol–water partition coefficient (Wildman–Crippen LogP) is 5.60. The van der Waals surface area contributed by atoms with E-state index in [9.17, 15) is 9.18 Å². The lowest BCUT2D eigenvalue weighted by Gasteiger charge is -2.45. The zero-order valence-electron chi connectivity index (χ0n) is 24.6. The van der Waals surface area contributed by atoms with E-state index in [-0.39, 0.29) is 11.7 Å². The summed E-state index contributed by atoms with van der Waals surface area (Å²) >= 11 is 0. The Morgan fingerprint density at radius 3 is 2.45 bits per heavy atom. The molecule has 3 aliphatic rings. The van der Waals surface area contributed by atoms with Crippen molar-refractivity contribution in [2.75, 3.05) is 31.2 Å². The third-order valence-electron chi connectivity index (χ3n) is 9.93. The molecule has 5 aromatic rings. The van der Waals surface area contributed by atoms with Gasteiger partial charge in [0, 0.05) is 44.0 Å². The van der Waals surface area contributed by atoms with E-state index in [1.807, 2.05) is 46.1 Å². The maximum absolute atomic E-state index is 14.3. The summed E-state index contributed by atoms with van der Waals surface area (Å²) in [5.74, 6) is -0.108. The Labute approximate surface area is 256 Å². The van der Waals surface area contributed by atoms with Crippen LogP contribution in [0.4, 0.5) is 10.1 Å². The van der Waals surface area contributed by atoms with Crippen molar-refractivity contribution in [2.45, 2.75) is 43.8 Å². The molecule has 3 heterocycles. The Hall–Kier alpha value is -4.56. The first-order valence-electron chi connectivity index (χ1n) is 15.6. The van der Waals surface area contributed by atoms with Gasteiger partial charge in [0.25, 0.3) is 0 Å². The van der Waals surface area contributed by atoms with Crippen LogP contribution < -0.4 is 4.90 Å². The summed E-state index contributed by atoms with van der Waals surface area (Å²) in [5, 5.41) is 11.4. The normalized spacial score (nSPS) is 19.5. The molecule has 1 aromatic heterocycles. The Morgan fingerprint density at radius 2 is 1.66 bits per heavy atom. The van der Waals surface area contributed by atoms with Crippen LogP contribution in [-0.2, 0) is 24.2 Å². The molecule has 1 aliphatic carbocycles. The SMILES string of the molecule is O=C1N(CCc2cn(Cc3ccccc3)nn2)CN(c2ccc(F)cc2)C12CCN(C1Cc3cccc4cccc1c34)CC2. The van der Waals surface area contributed by atoms with E-state index >= 15 is 0 Å². The number of nitrogens with zero attached hydrogens (tertiary/aromatic N) is 6. The fraction of sp³-hybridized carbons (Fsp3) is 0.306. The van der Waals surface area contributed by atoms with Crippen LogP contribution in [0.3, 0.4) is 0 Å². The molecule has 8 heteroatoms. The van der Waals surface area contributed by atoms with Gasteiger partial charge in [0.05, 0.1) is 18.9 Å². The Balaban J connectivity index is 1.00. The summed E-state index contributed by atoms with van der Waals surface area (Å²) in [7, 11) is 0. The average Bonchev–Trinajstić information content (AvgIpc) is 3.74. The van der Waals surface area contributed by atoms with Crippen LogP contribution >= 0.6 is 0 Å². The number of carbonyl (C=O) groups is 1. The summed E-state index contributed by atoms with van der Waals surface area (Å²) < 4.78 is 15.8. The second-order valence-corrected chi connectivity index (χ2v) is 12.4. The molecule has 1 atom stereocenters. The number of amides is 1. The van der Waals surface area contributed by atoms with Crippen molar-refractivity contribution in [3.8, 4) is 0 Å². The number of hydrogen-bond acceptors (Lipinski definition) is 5. The Morgan fingerprint density at radius 1 is 0.886 bits per heavy atom. The van der Waals surface area contributed by atoms with Crippen LogP contribution in [0.5, 0.6) is 0 Å². The summed E-state index contributed by atoms with van der Waals surface area (Å²) in [5.41, 5.74) is 5.11. The van der Waals surface area contributed by atoms with Gasteiger partial charge in [0.15, 0.2) is 0 Å². The quantitative estimate of drug-likeness (QED) is 0.249. The van der Waals surface area contributed by atoms with Crippen molar-refractivity contribution in [2.24, 2.45) is 0 Å². The second-order valence-electron chi connectivity index (χ2n) is 12.4. The number of halogens is 1. The lowest BCUT2D eigenvalue weighted by atomic mass is 9.84. The summed E-state index contributed by atoms with van der Waals surface area (Å²) in [4.78, 5) is 21.1. The van der Waals surface area contributed by atoms with Gasteiger partial charge in [-0.3, -0.25) is 9.69 Å². The molecule has 0 bridgehead atoms. The van der Waals surface area contributed by atoms with E-state index < -0.39 is 5.54 Å². The van der Waals surface area contributed by atoms with Crippen LogP contribution in [0.2, 0.25) is 0 Å². The monoisotopic (exact) mass is 586 g/mol. The Bertz CT molecular complexity index is 1810. The lowest BCUT2D eigenvalue weighted by molar-refractivity contribution is -0.133. The predicted molar refractivity (Wildman–Crippen MR) is 169 cm³/mol. The molecule has 0 radical (unpaired) electrons. The number of aromatic nitrogens is 3. The molecule has 2 saturated heterocycles. The van der Waals surface area contributed by atoms with Crippen molar-refractivity contribution in [1.82, 2.24) is 24.8 Å². The molecule has 8 rings (SSSR count). The first-order chi connectivity index (χ1) is 21.6. The fourth-order valence-electron chi connectivity index (χ4n) is 7.68. The number of hydrogen-bond donors (Lipinski definition) is 0. The zero-order chi connectivity index (χ0) is 29.7. The molecule has 7 nitrogen and oxygen atoms in total. The number of benzene rings is 4. The highest BCUT2D eigenvalue weighted by molar-refractivity contribution is 5.94. The molecule has 4 aromatic carbocycles. The Kier molecular flexibility index (Phi) is 6.67. The first kappa shape index (κ1) is 27.0. The molecular formula is C36H35FN6O. The zero-order valence-corrected chi connectivity index (χ0v) is 24.6. The van der Waals surface area contributed by atoms with Crippen LogP contribution in [0.15, 0.2) is 97.2 Å². The van der Waals surface area contributed by atoms with Crippen LogP contribution in [0.1, 0.15) is 41.3 Å². The van der Waals surface area contributed by atoms with E-state index in [4.69, 9.17) is 0 Å². The minimum Gasteiger partial charge on any atom is -0.339 e. The van der Waals surface area contributed by atoms with Crippen molar-refractivity contribution in [3.05, 3.63) is 125 Å². The highest BCUT2D eigenvalue weighted by Crippen LogP contribution is 2.45. The van der Waals surface area contributed by atoms with Crippen molar-refractivity contribution in [3.63, 3.8) is 0 Å². The van der Waals surface area contributed by atoms with E-state index in [1.165, 1.54) is 39.6 Å². The third-order valence-corrected chi connectivity index (χ3v) is 9.93. The van der Waals surface area contributed by atoms with Gasteiger partial charge in [-0.2, -0.15) is 0 Å². The van der Waals surface area contributed by atoms with Gasteiger partial charge in [-0.05, 0) is 71.0 Å². The van der Waals surface area contributed by atoms with Crippen molar-refractivity contribution >= 4 is 22.4 Å². The van der Waals surface area contributed by atoms with Gasteiger partial charge in [0.1, 0.15) is 11.4 Å². The maximum atomic E-state index is 14.3. The van der Waals surface area contributed by atoms with Crippen molar-refractivity contribution < 1.29 is 9.18 Å². The largest absolute Gasteiger partial charge is 0.339 e. The van der Waals surface area contributed by atoms with E-state index in [1.54, 1.807) is 0 Å². The number of anilines is 1. The van der Waals surface area contributed by atoms with Gasteiger partial charge in [-0.1, -0.05) is 71.9 Å². The van der Waals surface area contributed by atoms with Gasteiger partial charge in [-0.25, -0.2) is 9.07 Å². The summed E-state index contributed by atoms with van der Waals surface area (Å²) in [6, 6.07) is 30.4. The van der Waals surface area contributed by atoms with Crippen molar-refractivity contribution in [1.29, 1.82) is 0 Å². The molecule has 0 N–H and O–H groups in total. The van der Waals surface area contributed by atoms with Gasteiger partial charge < -0.3 is 9.80 Å². The molecule has 1 spiro atoms. The van der Waals surface area contributed by atoms with E-state index in [0.29, 0.717) is 32.2 Å². The number of carbonyl (C=O) groups excluding carboxylic acids is 1. The van der Waals surface area contributed by atoms with Crippen LogP contribution in [0.25, 0.3) is 10.8 Å². The average molecular weight is 587 g/mol. The topological polar surface area (TPSA) is 57.5 Å². The highest BCUT2D eigenvalue weighted by Gasteiger charge is 2.54. The fourth-order valence-corrected chi connectivity index (χ4v) is 7.68. The summed E-state index contributed by atoms with van der Waals surface area (Å²) in [6.45, 7) is 3.37. The minimum atomic E-state index is -0.642. The second kappa shape index (κ2) is 10.9. The molecule has 0 saturated carbocycles. The van der Waals surface area contributed by atoms with E-state index in [2.05, 4.69) is 68.6 Å². The van der Waals surface area contributed by atoms with Gasteiger partial charge in [0.2, 0.25) is 5.91 Å². The maximum Gasteiger partial charge on any atom is 0.250 e. The number of likely N-dealkylation sites (tertiary alicyclic amines) is 1. The van der Waals surface area contributed by atoms with Gasteiger partial charge >= 0.3 is 0 Å². The number of rotatable bonds is 7. The van der Waals surface area contributed by atoms with Crippen LogP contribution in [0, 0.1) is 5.82 Å². The highest BCUT2D eigenvalue weighted by atomic mass is 19.1. The first-order valence-corrected chi connectivity index (χ1v) is 15.6.